The van der Waals surface area contributed by atoms with Gasteiger partial charge in [-0.1, -0.05) is 11.6 Å². The van der Waals surface area contributed by atoms with Gasteiger partial charge in [0.15, 0.2) is 0 Å². The molecule has 0 radical (unpaired) electrons. The SMILES string of the molecule is CC(CCS(C)=O)Nc1cc(N)cc(Cl)n1. The largest absolute Gasteiger partial charge is 0.399 e. The molecule has 0 aliphatic rings. The molecule has 2 atom stereocenters. The zero-order valence-electron chi connectivity index (χ0n) is 9.37. The number of nitrogen functional groups attached to an aromatic ring is 1. The highest BCUT2D eigenvalue weighted by molar-refractivity contribution is 7.84. The fourth-order valence-corrected chi connectivity index (χ4v) is 2.16. The predicted octanol–water partition coefficient (Wildman–Crippen LogP) is 1.89. The molecule has 1 aromatic heterocycles. The first-order valence-corrected chi connectivity index (χ1v) is 7.07. The van der Waals surface area contributed by atoms with Crippen LogP contribution in [0.2, 0.25) is 5.15 Å². The molecule has 6 heteroatoms. The molecule has 1 aromatic rings. The Labute approximate surface area is 103 Å². The molecule has 0 aliphatic carbocycles. The molecule has 0 aliphatic heterocycles. The van der Waals surface area contributed by atoms with E-state index in [1.807, 2.05) is 6.92 Å². The third-order valence-electron chi connectivity index (χ3n) is 2.05. The van der Waals surface area contributed by atoms with Crippen molar-refractivity contribution < 1.29 is 4.21 Å². The number of rotatable bonds is 5. The number of nitrogens with zero attached hydrogens (tertiary/aromatic N) is 1. The summed E-state index contributed by atoms with van der Waals surface area (Å²) >= 11 is 5.78. The molecule has 2 unspecified atom stereocenters. The number of hydrogen-bond acceptors (Lipinski definition) is 4. The monoisotopic (exact) mass is 261 g/mol. The number of aromatic nitrogens is 1. The summed E-state index contributed by atoms with van der Waals surface area (Å²) in [5.74, 6) is 1.32. The minimum absolute atomic E-state index is 0.189. The van der Waals surface area contributed by atoms with Crippen molar-refractivity contribution in [2.75, 3.05) is 23.1 Å². The zero-order chi connectivity index (χ0) is 12.1. The fourth-order valence-electron chi connectivity index (χ4n) is 1.26. The highest BCUT2D eigenvalue weighted by atomic mass is 35.5. The summed E-state index contributed by atoms with van der Waals surface area (Å²) in [6, 6.07) is 3.51. The molecule has 16 heavy (non-hydrogen) atoms. The van der Waals surface area contributed by atoms with E-state index in [-0.39, 0.29) is 6.04 Å². The number of anilines is 2. The van der Waals surface area contributed by atoms with Crippen molar-refractivity contribution in [2.24, 2.45) is 0 Å². The Balaban J connectivity index is 2.55. The van der Waals surface area contributed by atoms with Crippen LogP contribution in [0.3, 0.4) is 0 Å². The average Bonchev–Trinajstić information content (AvgIpc) is 2.12. The van der Waals surface area contributed by atoms with Crippen molar-refractivity contribution in [1.82, 2.24) is 4.98 Å². The molecule has 0 fully saturated rings. The van der Waals surface area contributed by atoms with Crippen LogP contribution in [0.25, 0.3) is 0 Å². The maximum atomic E-state index is 10.9. The maximum absolute atomic E-state index is 10.9. The van der Waals surface area contributed by atoms with Crippen molar-refractivity contribution in [1.29, 1.82) is 0 Å². The Morgan fingerprint density at radius 1 is 1.62 bits per heavy atom. The van der Waals surface area contributed by atoms with Gasteiger partial charge >= 0.3 is 0 Å². The molecule has 1 rings (SSSR count). The Kier molecular flexibility index (Phi) is 5.02. The highest BCUT2D eigenvalue weighted by Crippen LogP contribution is 2.16. The number of nitrogens with one attached hydrogen (secondary N) is 1. The topological polar surface area (TPSA) is 68.0 Å². The summed E-state index contributed by atoms with van der Waals surface area (Å²) < 4.78 is 10.9. The van der Waals surface area contributed by atoms with E-state index in [9.17, 15) is 4.21 Å². The van der Waals surface area contributed by atoms with Crippen molar-refractivity contribution in [2.45, 2.75) is 19.4 Å². The van der Waals surface area contributed by atoms with E-state index in [1.165, 1.54) is 0 Å². The first kappa shape index (κ1) is 13.3. The average molecular weight is 262 g/mol. The van der Waals surface area contributed by atoms with Crippen molar-refractivity contribution in [3.63, 3.8) is 0 Å². The van der Waals surface area contributed by atoms with Crippen LogP contribution >= 0.6 is 11.6 Å². The van der Waals surface area contributed by atoms with Gasteiger partial charge < -0.3 is 11.1 Å². The summed E-state index contributed by atoms with van der Waals surface area (Å²) in [6.45, 7) is 2.01. The lowest BCUT2D eigenvalue weighted by molar-refractivity contribution is 0.678. The molecule has 1 heterocycles. The van der Waals surface area contributed by atoms with Crippen LogP contribution in [-0.4, -0.2) is 27.2 Å². The number of halogens is 1. The second kappa shape index (κ2) is 6.06. The molecular weight excluding hydrogens is 246 g/mol. The van der Waals surface area contributed by atoms with E-state index in [4.69, 9.17) is 17.3 Å². The van der Waals surface area contributed by atoms with Crippen LogP contribution in [0.4, 0.5) is 11.5 Å². The lowest BCUT2D eigenvalue weighted by atomic mass is 10.2. The van der Waals surface area contributed by atoms with E-state index in [2.05, 4.69) is 10.3 Å². The van der Waals surface area contributed by atoms with E-state index >= 15 is 0 Å². The van der Waals surface area contributed by atoms with Crippen LogP contribution < -0.4 is 11.1 Å². The van der Waals surface area contributed by atoms with Gasteiger partial charge in [0.1, 0.15) is 11.0 Å². The van der Waals surface area contributed by atoms with Gasteiger partial charge in [0.25, 0.3) is 0 Å². The third-order valence-corrected chi connectivity index (χ3v) is 3.05. The fraction of sp³-hybridized carbons (Fsp3) is 0.500. The molecule has 0 saturated carbocycles. The Bertz CT molecular complexity index is 366. The molecular formula is C10H16ClN3OS. The lowest BCUT2D eigenvalue weighted by Gasteiger charge is -2.14. The second-order valence-corrected chi connectivity index (χ2v) is 5.66. The summed E-state index contributed by atoms with van der Waals surface area (Å²) in [5.41, 5.74) is 6.22. The highest BCUT2D eigenvalue weighted by Gasteiger charge is 2.05. The predicted molar refractivity (Wildman–Crippen MR) is 70.3 cm³/mol. The minimum atomic E-state index is -0.764. The van der Waals surface area contributed by atoms with Gasteiger partial charge in [0, 0.05) is 40.6 Å². The van der Waals surface area contributed by atoms with Crippen molar-refractivity contribution in [3.8, 4) is 0 Å². The summed E-state index contributed by atoms with van der Waals surface area (Å²) in [7, 11) is -0.764. The van der Waals surface area contributed by atoms with Gasteiger partial charge in [-0.25, -0.2) is 4.98 Å². The van der Waals surface area contributed by atoms with Gasteiger partial charge in [-0.05, 0) is 19.4 Å². The van der Waals surface area contributed by atoms with Crippen LogP contribution in [0.1, 0.15) is 13.3 Å². The van der Waals surface area contributed by atoms with Crippen LogP contribution in [0.5, 0.6) is 0 Å². The van der Waals surface area contributed by atoms with Gasteiger partial charge in [-0.15, -0.1) is 0 Å². The maximum Gasteiger partial charge on any atom is 0.133 e. The normalized spacial score (nSPS) is 14.4. The molecule has 0 bridgehead atoms. The minimum Gasteiger partial charge on any atom is -0.399 e. The quantitative estimate of drug-likeness (QED) is 0.795. The van der Waals surface area contributed by atoms with Gasteiger partial charge in [-0.3, -0.25) is 4.21 Å². The van der Waals surface area contributed by atoms with Crippen LogP contribution in [0.15, 0.2) is 12.1 Å². The first-order valence-electron chi connectivity index (χ1n) is 4.97. The Hall–Kier alpha value is -0.810. The number of nitrogens with two attached hydrogens (primary N) is 1. The van der Waals surface area contributed by atoms with Crippen LogP contribution in [0, 0.1) is 0 Å². The summed E-state index contributed by atoms with van der Waals surface area (Å²) in [5, 5.41) is 3.54. The summed E-state index contributed by atoms with van der Waals surface area (Å²) in [6.07, 6.45) is 2.51. The van der Waals surface area contributed by atoms with E-state index in [0.29, 0.717) is 22.4 Å². The Morgan fingerprint density at radius 3 is 2.88 bits per heavy atom. The molecule has 3 N–H and O–H groups in total. The van der Waals surface area contributed by atoms with E-state index in [0.717, 1.165) is 6.42 Å². The molecule has 0 amide bonds. The molecule has 0 aromatic carbocycles. The second-order valence-electron chi connectivity index (χ2n) is 3.72. The Morgan fingerprint density at radius 2 is 2.31 bits per heavy atom. The van der Waals surface area contributed by atoms with Gasteiger partial charge in [0.2, 0.25) is 0 Å². The molecule has 90 valence electrons. The zero-order valence-corrected chi connectivity index (χ0v) is 10.9. The summed E-state index contributed by atoms with van der Waals surface area (Å²) in [4.78, 5) is 4.10. The van der Waals surface area contributed by atoms with Crippen molar-refractivity contribution in [3.05, 3.63) is 17.3 Å². The number of pyridine rings is 1. The lowest BCUT2D eigenvalue weighted by Crippen LogP contribution is -2.18. The van der Waals surface area contributed by atoms with Gasteiger partial charge in [-0.2, -0.15) is 0 Å². The van der Waals surface area contributed by atoms with Crippen LogP contribution in [-0.2, 0) is 10.8 Å². The van der Waals surface area contributed by atoms with E-state index in [1.54, 1.807) is 18.4 Å². The molecule has 0 saturated heterocycles. The standard InChI is InChI=1S/C10H16ClN3OS/c1-7(3-4-16(2)15)13-10-6-8(12)5-9(11)14-10/h5-7H,3-4H2,1-2H3,(H3,12,13,14). The smallest absolute Gasteiger partial charge is 0.133 e. The van der Waals surface area contributed by atoms with Gasteiger partial charge in [0.05, 0.1) is 0 Å². The van der Waals surface area contributed by atoms with E-state index < -0.39 is 10.8 Å². The molecule has 0 spiro atoms. The van der Waals surface area contributed by atoms with Crippen molar-refractivity contribution >= 4 is 33.9 Å². The third kappa shape index (κ3) is 4.81. The number of hydrogen-bond donors (Lipinski definition) is 2. The molecule has 4 nitrogen and oxygen atoms in total. The first-order chi connectivity index (χ1) is 7.47.